The Labute approximate surface area is 151 Å². The highest BCUT2D eigenvalue weighted by Gasteiger charge is 2.25. The van der Waals surface area contributed by atoms with Crippen molar-refractivity contribution in [3.63, 3.8) is 0 Å². The molecule has 0 atom stereocenters. The first kappa shape index (κ1) is 19.4. The van der Waals surface area contributed by atoms with E-state index in [2.05, 4.69) is 0 Å². The summed E-state index contributed by atoms with van der Waals surface area (Å²) in [6.07, 6.45) is 0. The van der Waals surface area contributed by atoms with E-state index < -0.39 is 17.5 Å². The molecule has 0 aliphatic carbocycles. The molecule has 1 aromatic carbocycles. The van der Waals surface area contributed by atoms with Gasteiger partial charge in [-0.25, -0.2) is 4.79 Å². The molecule has 0 unspecified atom stereocenters. The molecule has 0 amide bonds. The quantitative estimate of drug-likeness (QED) is 0.337. The van der Waals surface area contributed by atoms with E-state index in [1.165, 1.54) is 12.1 Å². The zero-order valence-electron chi connectivity index (χ0n) is 15.5. The summed E-state index contributed by atoms with van der Waals surface area (Å²) in [4.78, 5) is 35.3. The number of rotatable bonds is 6. The first-order valence-electron chi connectivity index (χ1n) is 8.27. The highest BCUT2D eigenvalue weighted by molar-refractivity contribution is 6.01. The molecule has 0 saturated carbocycles. The summed E-state index contributed by atoms with van der Waals surface area (Å²) >= 11 is 0. The molecule has 138 valence electrons. The van der Waals surface area contributed by atoms with Crippen LogP contribution in [0.5, 0.6) is 0 Å². The number of nitro groups is 1. The second-order valence-electron chi connectivity index (χ2n) is 6.48. The van der Waals surface area contributed by atoms with Crippen LogP contribution in [0.25, 0.3) is 0 Å². The number of nitro benzene ring substituents is 1. The van der Waals surface area contributed by atoms with Gasteiger partial charge < -0.3 is 9.30 Å². The van der Waals surface area contributed by atoms with Gasteiger partial charge in [-0.1, -0.05) is 12.1 Å². The topological polar surface area (TPSA) is 91.4 Å². The predicted octanol–water partition coefficient (Wildman–Crippen LogP) is 3.94. The first-order chi connectivity index (χ1) is 12.1. The summed E-state index contributed by atoms with van der Waals surface area (Å²) in [7, 11) is 0. The van der Waals surface area contributed by atoms with E-state index in [0.29, 0.717) is 11.1 Å². The van der Waals surface area contributed by atoms with Gasteiger partial charge in [-0.2, -0.15) is 0 Å². The zero-order valence-corrected chi connectivity index (χ0v) is 15.5. The monoisotopic (exact) mass is 358 g/mol. The van der Waals surface area contributed by atoms with Crippen LogP contribution in [0.15, 0.2) is 24.3 Å². The molecule has 7 nitrogen and oxygen atoms in total. The Morgan fingerprint density at radius 2 is 1.85 bits per heavy atom. The summed E-state index contributed by atoms with van der Waals surface area (Å²) < 4.78 is 7.08. The van der Waals surface area contributed by atoms with Gasteiger partial charge in [-0.15, -0.1) is 0 Å². The lowest BCUT2D eigenvalue weighted by molar-refractivity contribution is -0.385. The number of carbonyl (C=O) groups is 2. The van der Waals surface area contributed by atoms with Crippen molar-refractivity contribution < 1.29 is 19.2 Å². The molecule has 0 aliphatic rings. The smallest absolute Gasteiger partial charge is 0.345 e. The number of hydrogen-bond acceptors (Lipinski definition) is 5. The predicted molar refractivity (Wildman–Crippen MR) is 96.7 cm³/mol. The van der Waals surface area contributed by atoms with E-state index >= 15 is 0 Å². The lowest BCUT2D eigenvalue weighted by atomic mass is 10.1. The highest BCUT2D eigenvalue weighted by atomic mass is 16.6. The number of benzene rings is 1. The number of Topliss-reactive ketones (excluding diaryl/α,β-unsaturated/α-hetero) is 1. The van der Waals surface area contributed by atoms with Crippen molar-refractivity contribution >= 4 is 17.4 Å². The van der Waals surface area contributed by atoms with Crippen LogP contribution in [0.2, 0.25) is 0 Å². The minimum atomic E-state index is -0.883. The van der Waals surface area contributed by atoms with Crippen molar-refractivity contribution in [3.8, 4) is 0 Å². The third-order valence-corrected chi connectivity index (χ3v) is 4.28. The fourth-order valence-electron chi connectivity index (χ4n) is 3.21. The normalized spacial score (nSPS) is 10.8. The minimum Gasteiger partial charge on any atom is -0.454 e. The summed E-state index contributed by atoms with van der Waals surface area (Å²) in [5, 5.41) is 11.2. The summed E-state index contributed by atoms with van der Waals surface area (Å²) in [6.45, 7) is 8.86. The largest absolute Gasteiger partial charge is 0.454 e. The van der Waals surface area contributed by atoms with Crippen molar-refractivity contribution in [2.45, 2.75) is 40.7 Å². The average molecular weight is 358 g/mol. The standard InChI is InChI=1S/C19H22N2O5/c1-11(2)20-13(4)9-16(14(20)5)17(22)10-26-19(23)15-8-6-7-12(3)18(15)21(24)25/h6-9,11H,10H2,1-5H3. The van der Waals surface area contributed by atoms with Crippen LogP contribution in [-0.2, 0) is 4.74 Å². The van der Waals surface area contributed by atoms with E-state index in [1.807, 2.05) is 32.3 Å². The maximum absolute atomic E-state index is 12.5. The van der Waals surface area contributed by atoms with Crippen LogP contribution >= 0.6 is 0 Å². The minimum absolute atomic E-state index is 0.157. The van der Waals surface area contributed by atoms with Crippen LogP contribution < -0.4 is 0 Å². The van der Waals surface area contributed by atoms with Gasteiger partial charge in [0, 0.05) is 28.6 Å². The lowest BCUT2D eigenvalue weighted by Crippen LogP contribution is -2.16. The molecule has 0 aliphatic heterocycles. The Morgan fingerprint density at radius 1 is 1.19 bits per heavy atom. The Kier molecular flexibility index (Phi) is 5.59. The molecule has 0 spiro atoms. The van der Waals surface area contributed by atoms with Gasteiger partial charge in [-0.3, -0.25) is 14.9 Å². The maximum atomic E-state index is 12.5. The van der Waals surface area contributed by atoms with Crippen molar-refractivity contribution in [3.05, 3.63) is 62.5 Å². The van der Waals surface area contributed by atoms with Crippen molar-refractivity contribution in [2.75, 3.05) is 6.61 Å². The number of aryl methyl sites for hydroxylation is 2. The molecule has 0 saturated heterocycles. The second-order valence-corrected chi connectivity index (χ2v) is 6.48. The lowest BCUT2D eigenvalue weighted by Gasteiger charge is -2.13. The van der Waals surface area contributed by atoms with Gasteiger partial charge in [0.1, 0.15) is 5.56 Å². The third-order valence-electron chi connectivity index (χ3n) is 4.28. The molecule has 26 heavy (non-hydrogen) atoms. The van der Waals surface area contributed by atoms with Crippen LogP contribution in [-0.4, -0.2) is 27.8 Å². The molecule has 2 aromatic rings. The number of aromatic nitrogens is 1. The SMILES string of the molecule is Cc1cccc(C(=O)OCC(=O)c2cc(C)n(C(C)C)c2C)c1[N+](=O)[O-]. The summed E-state index contributed by atoms with van der Waals surface area (Å²) in [6, 6.07) is 6.37. The van der Waals surface area contributed by atoms with Gasteiger partial charge in [0.2, 0.25) is 5.78 Å². The number of esters is 1. The van der Waals surface area contributed by atoms with Gasteiger partial charge in [-0.05, 0) is 46.8 Å². The maximum Gasteiger partial charge on any atom is 0.345 e. The summed E-state index contributed by atoms with van der Waals surface area (Å²) in [5.74, 6) is -1.22. The van der Waals surface area contributed by atoms with Crippen LogP contribution in [0.1, 0.15) is 57.6 Å². The molecule has 0 bridgehead atoms. The van der Waals surface area contributed by atoms with E-state index in [0.717, 1.165) is 11.4 Å². The molecule has 7 heteroatoms. The van der Waals surface area contributed by atoms with Crippen molar-refractivity contribution in [1.82, 2.24) is 4.57 Å². The van der Waals surface area contributed by atoms with Gasteiger partial charge in [0.05, 0.1) is 4.92 Å². The van der Waals surface area contributed by atoms with E-state index in [-0.39, 0.29) is 23.1 Å². The Balaban J connectivity index is 2.19. The van der Waals surface area contributed by atoms with Crippen LogP contribution in [0, 0.1) is 30.9 Å². The Hall–Kier alpha value is -2.96. The molecular weight excluding hydrogens is 336 g/mol. The van der Waals surface area contributed by atoms with Gasteiger partial charge in [0.25, 0.3) is 5.69 Å². The Morgan fingerprint density at radius 3 is 2.38 bits per heavy atom. The third kappa shape index (κ3) is 3.66. The number of para-hydroxylation sites is 1. The van der Waals surface area contributed by atoms with E-state index in [1.54, 1.807) is 19.1 Å². The summed E-state index contributed by atoms with van der Waals surface area (Å²) in [5.41, 5.74) is 2.14. The highest BCUT2D eigenvalue weighted by Crippen LogP contribution is 2.24. The molecular formula is C19H22N2O5. The number of ketones is 1. The fraction of sp³-hybridized carbons (Fsp3) is 0.368. The Bertz CT molecular complexity index is 880. The van der Waals surface area contributed by atoms with E-state index in [9.17, 15) is 19.7 Å². The van der Waals surface area contributed by atoms with Crippen LogP contribution in [0.4, 0.5) is 5.69 Å². The molecule has 0 fully saturated rings. The van der Waals surface area contributed by atoms with Gasteiger partial charge in [0.15, 0.2) is 6.61 Å². The van der Waals surface area contributed by atoms with Crippen molar-refractivity contribution in [2.24, 2.45) is 0 Å². The first-order valence-corrected chi connectivity index (χ1v) is 8.27. The molecule has 1 aromatic heterocycles. The second kappa shape index (κ2) is 7.51. The fourth-order valence-corrected chi connectivity index (χ4v) is 3.21. The van der Waals surface area contributed by atoms with Gasteiger partial charge >= 0.3 is 5.97 Å². The molecule has 2 rings (SSSR count). The number of hydrogen-bond donors (Lipinski definition) is 0. The molecule has 0 radical (unpaired) electrons. The van der Waals surface area contributed by atoms with E-state index in [4.69, 9.17) is 4.74 Å². The number of carbonyl (C=O) groups excluding carboxylic acids is 2. The molecule has 0 N–H and O–H groups in total. The van der Waals surface area contributed by atoms with Crippen LogP contribution in [0.3, 0.4) is 0 Å². The zero-order chi connectivity index (χ0) is 19.6. The average Bonchev–Trinajstić information content (AvgIpc) is 2.86. The van der Waals surface area contributed by atoms with Crippen molar-refractivity contribution in [1.29, 1.82) is 0 Å². The number of ether oxygens (including phenoxy) is 1. The molecule has 1 heterocycles. The number of nitrogens with zero attached hydrogens (tertiary/aromatic N) is 2.